The van der Waals surface area contributed by atoms with Gasteiger partial charge in [0.2, 0.25) is 0 Å². The molecule has 1 aliphatic heterocycles. The molecule has 0 aromatic heterocycles. The van der Waals surface area contributed by atoms with Crippen LogP contribution in [0.5, 0.6) is 0 Å². The summed E-state index contributed by atoms with van der Waals surface area (Å²) >= 11 is 7.95. The van der Waals surface area contributed by atoms with Crippen molar-refractivity contribution in [2.24, 2.45) is 5.92 Å². The second-order valence-corrected chi connectivity index (χ2v) is 5.07. The van der Waals surface area contributed by atoms with Gasteiger partial charge in [-0.05, 0) is 37.6 Å². The third-order valence-corrected chi connectivity index (χ3v) is 4.22. The number of hydrogen-bond acceptors (Lipinski definition) is 2. The number of thioether (sulfide) groups is 1. The fraction of sp³-hybridized carbons (Fsp3) is 0.455. The van der Waals surface area contributed by atoms with Crippen molar-refractivity contribution < 1.29 is 0 Å². The summed E-state index contributed by atoms with van der Waals surface area (Å²) in [4.78, 5) is 1.21. The Bertz CT molecular complexity index is 297. The Kier molecular flexibility index (Phi) is 3.74. The van der Waals surface area contributed by atoms with Gasteiger partial charge in [-0.1, -0.05) is 23.7 Å². The van der Waals surface area contributed by atoms with Crippen molar-refractivity contribution in [1.29, 1.82) is 0 Å². The molecule has 0 radical (unpaired) electrons. The van der Waals surface area contributed by atoms with Crippen molar-refractivity contribution in [2.75, 3.05) is 18.8 Å². The molecule has 1 N–H and O–H groups in total. The predicted octanol–water partition coefficient (Wildman–Crippen LogP) is 3.04. The van der Waals surface area contributed by atoms with E-state index in [-0.39, 0.29) is 0 Å². The molecule has 1 fully saturated rings. The minimum atomic E-state index is 0.816. The monoisotopic (exact) mass is 227 g/mol. The first kappa shape index (κ1) is 10.3. The molecule has 0 spiro atoms. The van der Waals surface area contributed by atoms with Crippen LogP contribution in [-0.2, 0) is 0 Å². The highest BCUT2D eigenvalue weighted by Crippen LogP contribution is 2.29. The van der Waals surface area contributed by atoms with Crippen LogP contribution in [0.15, 0.2) is 29.2 Å². The highest BCUT2D eigenvalue weighted by Gasteiger charge is 2.14. The third kappa shape index (κ3) is 2.66. The molecule has 1 heterocycles. The molecule has 0 saturated carbocycles. The molecule has 1 aromatic carbocycles. The average Bonchev–Trinajstić information content (AvgIpc) is 2.69. The highest BCUT2D eigenvalue weighted by atomic mass is 35.5. The molecular weight excluding hydrogens is 214 g/mol. The van der Waals surface area contributed by atoms with Crippen LogP contribution in [0.2, 0.25) is 5.02 Å². The zero-order valence-corrected chi connectivity index (χ0v) is 9.57. The third-order valence-electron chi connectivity index (χ3n) is 2.47. The molecule has 1 aromatic rings. The van der Waals surface area contributed by atoms with Crippen LogP contribution in [0.4, 0.5) is 0 Å². The van der Waals surface area contributed by atoms with Crippen LogP contribution >= 0.6 is 23.4 Å². The molecule has 1 aliphatic rings. The average molecular weight is 228 g/mol. The smallest absolute Gasteiger partial charge is 0.0541 e. The van der Waals surface area contributed by atoms with Crippen LogP contribution in [0.25, 0.3) is 0 Å². The van der Waals surface area contributed by atoms with E-state index >= 15 is 0 Å². The summed E-state index contributed by atoms with van der Waals surface area (Å²) in [6.45, 7) is 2.34. The molecule has 3 heteroatoms. The van der Waals surface area contributed by atoms with Gasteiger partial charge in [0.1, 0.15) is 0 Å². The lowest BCUT2D eigenvalue weighted by molar-refractivity contribution is 0.663. The largest absolute Gasteiger partial charge is 0.316 e. The Hall–Kier alpha value is -0.180. The van der Waals surface area contributed by atoms with Gasteiger partial charge in [0.05, 0.1) is 5.02 Å². The summed E-state index contributed by atoms with van der Waals surface area (Å²) in [6.07, 6.45) is 1.30. The maximum Gasteiger partial charge on any atom is 0.0541 e. The normalized spacial score (nSPS) is 21.4. The summed E-state index contributed by atoms with van der Waals surface area (Å²) in [5, 5.41) is 4.26. The second-order valence-electron chi connectivity index (χ2n) is 3.60. The van der Waals surface area contributed by atoms with Crippen LogP contribution in [0.1, 0.15) is 6.42 Å². The van der Waals surface area contributed by atoms with Crippen LogP contribution in [0, 0.1) is 5.92 Å². The minimum Gasteiger partial charge on any atom is -0.316 e. The van der Waals surface area contributed by atoms with Crippen molar-refractivity contribution in [3.8, 4) is 0 Å². The maximum atomic E-state index is 6.07. The van der Waals surface area contributed by atoms with Gasteiger partial charge >= 0.3 is 0 Å². The van der Waals surface area contributed by atoms with Crippen molar-refractivity contribution in [1.82, 2.24) is 5.32 Å². The summed E-state index contributed by atoms with van der Waals surface area (Å²) < 4.78 is 0. The molecule has 1 saturated heterocycles. The number of benzene rings is 1. The van der Waals surface area contributed by atoms with Crippen LogP contribution in [-0.4, -0.2) is 18.8 Å². The fourth-order valence-electron chi connectivity index (χ4n) is 1.63. The lowest BCUT2D eigenvalue weighted by Gasteiger charge is -2.08. The summed E-state index contributed by atoms with van der Waals surface area (Å²) in [5.74, 6) is 1.99. The van der Waals surface area contributed by atoms with Crippen molar-refractivity contribution in [3.63, 3.8) is 0 Å². The topological polar surface area (TPSA) is 12.0 Å². The second kappa shape index (κ2) is 5.06. The molecule has 1 atom stereocenters. The molecule has 0 bridgehead atoms. The van der Waals surface area contributed by atoms with E-state index in [0.29, 0.717) is 0 Å². The number of nitrogens with one attached hydrogen (secondary N) is 1. The Morgan fingerprint density at radius 2 is 2.29 bits per heavy atom. The Morgan fingerprint density at radius 1 is 1.43 bits per heavy atom. The van der Waals surface area contributed by atoms with E-state index in [0.717, 1.165) is 17.5 Å². The van der Waals surface area contributed by atoms with Crippen molar-refractivity contribution >= 4 is 23.4 Å². The van der Waals surface area contributed by atoms with Gasteiger partial charge in [-0.3, -0.25) is 0 Å². The summed E-state index contributed by atoms with van der Waals surface area (Å²) in [6, 6.07) is 8.07. The molecule has 0 amide bonds. The van der Waals surface area contributed by atoms with Crippen LogP contribution in [0.3, 0.4) is 0 Å². The van der Waals surface area contributed by atoms with Crippen molar-refractivity contribution in [2.45, 2.75) is 11.3 Å². The van der Waals surface area contributed by atoms with Gasteiger partial charge in [-0.25, -0.2) is 0 Å². The van der Waals surface area contributed by atoms with E-state index in [1.807, 2.05) is 30.0 Å². The van der Waals surface area contributed by atoms with Gasteiger partial charge in [0.15, 0.2) is 0 Å². The number of rotatable bonds is 3. The summed E-state index contributed by atoms with van der Waals surface area (Å²) in [7, 11) is 0. The van der Waals surface area contributed by atoms with E-state index in [9.17, 15) is 0 Å². The molecular formula is C11H14ClNS. The van der Waals surface area contributed by atoms with Gasteiger partial charge in [0, 0.05) is 10.6 Å². The molecule has 1 unspecified atom stereocenters. The molecule has 76 valence electrons. The molecule has 1 nitrogen and oxygen atoms in total. The first-order valence-corrected chi connectivity index (χ1v) is 6.30. The SMILES string of the molecule is Clc1ccccc1SCC1CCNC1. The lowest BCUT2D eigenvalue weighted by Crippen LogP contribution is -2.10. The van der Waals surface area contributed by atoms with E-state index in [2.05, 4.69) is 11.4 Å². The quantitative estimate of drug-likeness (QED) is 0.797. The molecule has 14 heavy (non-hydrogen) atoms. The standard InChI is InChI=1S/C11H14ClNS/c12-10-3-1-2-4-11(10)14-8-9-5-6-13-7-9/h1-4,9,13H,5-8H2. The Labute approximate surface area is 94.2 Å². The minimum absolute atomic E-state index is 0.816. The zero-order valence-electron chi connectivity index (χ0n) is 8.00. The van der Waals surface area contributed by atoms with E-state index in [1.54, 1.807) is 0 Å². The van der Waals surface area contributed by atoms with Gasteiger partial charge in [-0.15, -0.1) is 11.8 Å². The first-order chi connectivity index (χ1) is 6.86. The van der Waals surface area contributed by atoms with E-state index in [1.165, 1.54) is 23.6 Å². The number of halogens is 1. The molecule has 2 rings (SSSR count). The maximum absolute atomic E-state index is 6.07. The van der Waals surface area contributed by atoms with Gasteiger partial charge < -0.3 is 5.32 Å². The lowest BCUT2D eigenvalue weighted by atomic mass is 10.2. The van der Waals surface area contributed by atoms with Gasteiger partial charge in [0.25, 0.3) is 0 Å². The van der Waals surface area contributed by atoms with E-state index in [4.69, 9.17) is 11.6 Å². The Balaban J connectivity index is 1.88. The zero-order chi connectivity index (χ0) is 9.80. The van der Waals surface area contributed by atoms with Crippen molar-refractivity contribution in [3.05, 3.63) is 29.3 Å². The fourth-order valence-corrected chi connectivity index (χ4v) is 3.01. The van der Waals surface area contributed by atoms with E-state index < -0.39 is 0 Å². The Morgan fingerprint density at radius 3 is 3.00 bits per heavy atom. The highest BCUT2D eigenvalue weighted by molar-refractivity contribution is 7.99. The van der Waals surface area contributed by atoms with Crippen LogP contribution < -0.4 is 5.32 Å². The molecule has 0 aliphatic carbocycles. The van der Waals surface area contributed by atoms with Gasteiger partial charge in [-0.2, -0.15) is 0 Å². The first-order valence-electron chi connectivity index (χ1n) is 4.94. The summed E-state index contributed by atoms with van der Waals surface area (Å²) in [5.41, 5.74) is 0. The number of hydrogen-bond donors (Lipinski definition) is 1. The predicted molar refractivity (Wildman–Crippen MR) is 63.2 cm³/mol.